The molecule has 0 spiro atoms. The van der Waals surface area contributed by atoms with Crippen LogP contribution in [0, 0.1) is 13.8 Å². The summed E-state index contributed by atoms with van der Waals surface area (Å²) in [5.74, 6) is 0.952. The lowest BCUT2D eigenvalue weighted by molar-refractivity contribution is 0.302. The monoisotopic (exact) mass is 280 g/mol. The number of hydrogen-bond acceptors (Lipinski definition) is 2. The van der Waals surface area contributed by atoms with Crippen LogP contribution in [0.4, 0.5) is 0 Å². The van der Waals surface area contributed by atoms with Crippen LogP contribution in [0.5, 0.6) is 5.75 Å². The van der Waals surface area contributed by atoms with Gasteiger partial charge >= 0.3 is 0 Å². The topological polar surface area (TPSA) is 27.1 Å². The molecule has 0 bridgehead atoms. The highest BCUT2D eigenvalue weighted by atomic mass is 16.5. The van der Waals surface area contributed by atoms with Crippen molar-refractivity contribution in [2.75, 3.05) is 6.61 Å². The Labute approximate surface area is 125 Å². The Morgan fingerprint density at radius 2 is 1.90 bits per heavy atom. The molecule has 0 aliphatic rings. The smallest absolute Gasteiger partial charge is 0.119 e. The number of rotatable bonds is 5. The molecule has 2 aromatic carbocycles. The fourth-order valence-corrected chi connectivity index (χ4v) is 2.42. The highest BCUT2D eigenvalue weighted by Crippen LogP contribution is 2.17. The molecular weight excluding hydrogens is 260 g/mol. The molecule has 1 heterocycles. The highest BCUT2D eigenvalue weighted by Gasteiger charge is 2.01. The second-order valence-electron chi connectivity index (χ2n) is 5.37. The average Bonchev–Trinajstić information content (AvgIpc) is 2.91. The Kier molecular flexibility index (Phi) is 3.91. The Balaban J connectivity index is 1.55. The summed E-state index contributed by atoms with van der Waals surface area (Å²) in [5, 5.41) is 0. The van der Waals surface area contributed by atoms with E-state index in [1.165, 1.54) is 16.6 Å². The van der Waals surface area contributed by atoms with Gasteiger partial charge < -0.3 is 9.30 Å². The molecule has 0 amide bonds. The van der Waals surface area contributed by atoms with Gasteiger partial charge in [0.05, 0.1) is 24.0 Å². The van der Waals surface area contributed by atoms with Crippen molar-refractivity contribution < 1.29 is 4.74 Å². The third-order valence-electron chi connectivity index (χ3n) is 3.82. The summed E-state index contributed by atoms with van der Waals surface area (Å²) in [7, 11) is 0. The standard InChI is InChI=1S/C18H20N2O/c1-14-8-9-16(12-15(14)2)21-11-5-10-20-13-19-17-6-3-4-7-18(17)20/h3-4,6-9,12-13H,5,10-11H2,1-2H3. The minimum absolute atomic E-state index is 0.717. The van der Waals surface area contributed by atoms with E-state index in [0.717, 1.165) is 30.8 Å². The molecule has 0 fully saturated rings. The summed E-state index contributed by atoms with van der Waals surface area (Å²) >= 11 is 0. The quantitative estimate of drug-likeness (QED) is 0.657. The second kappa shape index (κ2) is 6.00. The third kappa shape index (κ3) is 3.07. The lowest BCUT2D eigenvalue weighted by Gasteiger charge is -2.09. The first kappa shape index (κ1) is 13.7. The van der Waals surface area contributed by atoms with Gasteiger partial charge in [-0.3, -0.25) is 0 Å². The maximum absolute atomic E-state index is 5.82. The van der Waals surface area contributed by atoms with Crippen molar-refractivity contribution in [1.29, 1.82) is 0 Å². The summed E-state index contributed by atoms with van der Waals surface area (Å²) in [4.78, 5) is 4.40. The van der Waals surface area contributed by atoms with E-state index in [1.807, 2.05) is 30.6 Å². The summed E-state index contributed by atoms with van der Waals surface area (Å²) in [6.07, 6.45) is 2.87. The second-order valence-corrected chi connectivity index (χ2v) is 5.37. The molecule has 0 aliphatic heterocycles. The lowest BCUT2D eigenvalue weighted by atomic mass is 10.1. The number of imidazole rings is 1. The molecular formula is C18H20N2O. The van der Waals surface area contributed by atoms with Gasteiger partial charge in [0.25, 0.3) is 0 Å². The molecule has 0 radical (unpaired) electrons. The van der Waals surface area contributed by atoms with Crippen LogP contribution in [0.15, 0.2) is 48.8 Å². The van der Waals surface area contributed by atoms with Crippen LogP contribution in [0.1, 0.15) is 17.5 Å². The van der Waals surface area contributed by atoms with E-state index in [0.29, 0.717) is 0 Å². The van der Waals surface area contributed by atoms with Crippen LogP contribution < -0.4 is 4.74 Å². The summed E-state index contributed by atoms with van der Waals surface area (Å²) in [5.41, 5.74) is 4.80. The molecule has 3 aromatic rings. The van der Waals surface area contributed by atoms with E-state index in [9.17, 15) is 0 Å². The SMILES string of the molecule is Cc1ccc(OCCCn2cnc3ccccc32)cc1C. The fourth-order valence-electron chi connectivity index (χ4n) is 2.42. The van der Waals surface area contributed by atoms with Crippen LogP contribution in [0.3, 0.4) is 0 Å². The Morgan fingerprint density at radius 3 is 2.76 bits per heavy atom. The van der Waals surface area contributed by atoms with Crippen molar-refractivity contribution in [3.63, 3.8) is 0 Å². The van der Waals surface area contributed by atoms with E-state index in [4.69, 9.17) is 4.74 Å². The third-order valence-corrected chi connectivity index (χ3v) is 3.82. The molecule has 0 aliphatic carbocycles. The van der Waals surface area contributed by atoms with Crippen molar-refractivity contribution >= 4 is 11.0 Å². The number of benzene rings is 2. The first-order valence-corrected chi connectivity index (χ1v) is 7.34. The molecule has 0 N–H and O–H groups in total. The van der Waals surface area contributed by atoms with Gasteiger partial charge in [-0.1, -0.05) is 18.2 Å². The summed E-state index contributed by atoms with van der Waals surface area (Å²) < 4.78 is 8.00. The Hall–Kier alpha value is -2.29. The van der Waals surface area contributed by atoms with Crippen LogP contribution in [0.25, 0.3) is 11.0 Å². The predicted molar refractivity (Wildman–Crippen MR) is 85.8 cm³/mol. The van der Waals surface area contributed by atoms with Crippen molar-refractivity contribution in [3.8, 4) is 5.75 Å². The minimum Gasteiger partial charge on any atom is -0.494 e. The summed E-state index contributed by atoms with van der Waals surface area (Å²) in [6.45, 7) is 5.86. The molecule has 0 atom stereocenters. The number of aromatic nitrogens is 2. The van der Waals surface area contributed by atoms with Gasteiger partial charge in [-0.05, 0) is 55.7 Å². The van der Waals surface area contributed by atoms with E-state index in [-0.39, 0.29) is 0 Å². The first-order chi connectivity index (χ1) is 10.2. The lowest BCUT2D eigenvalue weighted by Crippen LogP contribution is -2.04. The van der Waals surface area contributed by atoms with Crippen molar-refractivity contribution in [1.82, 2.24) is 9.55 Å². The fraction of sp³-hybridized carbons (Fsp3) is 0.278. The molecule has 0 saturated heterocycles. The minimum atomic E-state index is 0.717. The molecule has 3 nitrogen and oxygen atoms in total. The number of nitrogens with zero attached hydrogens (tertiary/aromatic N) is 2. The maximum Gasteiger partial charge on any atom is 0.119 e. The zero-order chi connectivity index (χ0) is 14.7. The van der Waals surface area contributed by atoms with Gasteiger partial charge in [-0.2, -0.15) is 0 Å². The molecule has 0 unspecified atom stereocenters. The predicted octanol–water partition coefficient (Wildman–Crippen LogP) is 4.12. The zero-order valence-electron chi connectivity index (χ0n) is 12.5. The van der Waals surface area contributed by atoms with Gasteiger partial charge in [0.2, 0.25) is 0 Å². The molecule has 3 rings (SSSR count). The van der Waals surface area contributed by atoms with Gasteiger partial charge in [0, 0.05) is 6.54 Å². The first-order valence-electron chi connectivity index (χ1n) is 7.34. The normalized spacial score (nSPS) is 11.0. The van der Waals surface area contributed by atoms with E-state index in [2.05, 4.69) is 41.6 Å². The molecule has 108 valence electrons. The van der Waals surface area contributed by atoms with Crippen LogP contribution in [0.2, 0.25) is 0 Å². The maximum atomic E-state index is 5.82. The van der Waals surface area contributed by atoms with Gasteiger partial charge in [0.1, 0.15) is 5.75 Å². The average molecular weight is 280 g/mol. The van der Waals surface area contributed by atoms with Crippen LogP contribution >= 0.6 is 0 Å². The van der Waals surface area contributed by atoms with Gasteiger partial charge in [0.15, 0.2) is 0 Å². The number of ether oxygens (including phenoxy) is 1. The van der Waals surface area contributed by atoms with Crippen LogP contribution in [-0.2, 0) is 6.54 Å². The van der Waals surface area contributed by atoms with Crippen molar-refractivity contribution in [2.24, 2.45) is 0 Å². The van der Waals surface area contributed by atoms with Crippen LogP contribution in [-0.4, -0.2) is 16.2 Å². The number of para-hydroxylation sites is 2. The van der Waals surface area contributed by atoms with E-state index in [1.54, 1.807) is 0 Å². The number of hydrogen-bond donors (Lipinski definition) is 0. The Bertz CT molecular complexity index is 746. The van der Waals surface area contributed by atoms with Crippen molar-refractivity contribution in [3.05, 3.63) is 59.9 Å². The highest BCUT2D eigenvalue weighted by molar-refractivity contribution is 5.74. The van der Waals surface area contributed by atoms with Gasteiger partial charge in [-0.15, -0.1) is 0 Å². The Morgan fingerprint density at radius 1 is 1.05 bits per heavy atom. The van der Waals surface area contributed by atoms with Gasteiger partial charge in [-0.25, -0.2) is 4.98 Å². The van der Waals surface area contributed by atoms with E-state index < -0.39 is 0 Å². The number of aryl methyl sites for hydroxylation is 3. The molecule has 1 aromatic heterocycles. The molecule has 21 heavy (non-hydrogen) atoms. The summed E-state index contributed by atoms with van der Waals surface area (Å²) in [6, 6.07) is 14.4. The zero-order valence-corrected chi connectivity index (χ0v) is 12.5. The van der Waals surface area contributed by atoms with E-state index >= 15 is 0 Å². The number of fused-ring (bicyclic) bond motifs is 1. The molecule has 0 saturated carbocycles. The van der Waals surface area contributed by atoms with Crippen molar-refractivity contribution in [2.45, 2.75) is 26.8 Å². The molecule has 3 heteroatoms. The largest absolute Gasteiger partial charge is 0.494 e.